The van der Waals surface area contributed by atoms with E-state index in [-0.39, 0.29) is 17.9 Å². The Kier molecular flexibility index (Phi) is 6.40. The van der Waals surface area contributed by atoms with Gasteiger partial charge in [0.15, 0.2) is 0 Å². The van der Waals surface area contributed by atoms with Gasteiger partial charge in [0.2, 0.25) is 15.9 Å². The van der Waals surface area contributed by atoms with Crippen LogP contribution in [0.5, 0.6) is 0 Å². The Labute approximate surface area is 162 Å². The van der Waals surface area contributed by atoms with Gasteiger partial charge < -0.3 is 4.90 Å². The minimum absolute atomic E-state index is 0.0247. The molecule has 0 aliphatic carbocycles. The van der Waals surface area contributed by atoms with E-state index in [0.717, 1.165) is 10.6 Å². The summed E-state index contributed by atoms with van der Waals surface area (Å²) in [4.78, 5) is 24.4. The van der Waals surface area contributed by atoms with Crippen molar-refractivity contribution in [2.75, 3.05) is 24.2 Å². The molecule has 0 bridgehead atoms. The van der Waals surface area contributed by atoms with Gasteiger partial charge in [-0.25, -0.2) is 8.42 Å². The summed E-state index contributed by atoms with van der Waals surface area (Å²) in [6.45, 7) is -0.473. The number of amides is 1. The van der Waals surface area contributed by atoms with Crippen LogP contribution in [-0.4, -0.2) is 44.0 Å². The largest absolute Gasteiger partial charge is 0.340 e. The zero-order valence-electron chi connectivity index (χ0n) is 14.7. The van der Waals surface area contributed by atoms with Gasteiger partial charge in [0.1, 0.15) is 6.54 Å². The highest BCUT2D eigenvalue weighted by atomic mass is 35.5. The van der Waals surface area contributed by atoms with Crippen molar-refractivity contribution in [1.29, 1.82) is 0 Å². The second kappa shape index (κ2) is 8.36. The van der Waals surface area contributed by atoms with E-state index < -0.39 is 27.4 Å². The van der Waals surface area contributed by atoms with Gasteiger partial charge in [0.05, 0.1) is 23.4 Å². The lowest BCUT2D eigenvalue weighted by molar-refractivity contribution is -0.385. The van der Waals surface area contributed by atoms with Crippen LogP contribution in [0.25, 0.3) is 0 Å². The molecule has 2 aromatic rings. The molecule has 0 N–H and O–H groups in total. The van der Waals surface area contributed by atoms with Crippen LogP contribution in [-0.2, 0) is 21.4 Å². The molecule has 0 saturated heterocycles. The van der Waals surface area contributed by atoms with E-state index in [0.29, 0.717) is 10.6 Å². The summed E-state index contributed by atoms with van der Waals surface area (Å²) in [6.07, 6.45) is 0.989. The van der Waals surface area contributed by atoms with Crippen molar-refractivity contribution in [2.24, 2.45) is 0 Å². The molecule has 2 rings (SSSR count). The van der Waals surface area contributed by atoms with Crippen LogP contribution in [0, 0.1) is 10.1 Å². The van der Waals surface area contributed by atoms with Crippen molar-refractivity contribution >= 4 is 38.9 Å². The number of likely N-dealkylation sites (N-methyl/N-ethyl adjacent to an activating group) is 1. The minimum atomic E-state index is -3.74. The van der Waals surface area contributed by atoms with Crippen LogP contribution in [0.3, 0.4) is 0 Å². The summed E-state index contributed by atoms with van der Waals surface area (Å²) in [5.41, 5.74) is 0.511. The molecule has 0 aromatic heterocycles. The van der Waals surface area contributed by atoms with Gasteiger partial charge in [0.25, 0.3) is 5.69 Å². The average molecular weight is 412 g/mol. The van der Waals surface area contributed by atoms with E-state index in [1.165, 1.54) is 36.2 Å². The Bertz CT molecular complexity index is 965. The fraction of sp³-hybridized carbons (Fsp3) is 0.235. The van der Waals surface area contributed by atoms with Crippen LogP contribution in [0.1, 0.15) is 5.56 Å². The van der Waals surface area contributed by atoms with E-state index in [4.69, 9.17) is 11.6 Å². The normalized spacial score (nSPS) is 11.1. The van der Waals surface area contributed by atoms with Gasteiger partial charge in [-0.1, -0.05) is 35.9 Å². The summed E-state index contributed by atoms with van der Waals surface area (Å²) in [5, 5.41) is 11.4. The molecule has 0 aliphatic rings. The van der Waals surface area contributed by atoms with Crippen molar-refractivity contribution in [3.63, 3.8) is 0 Å². The highest BCUT2D eigenvalue weighted by Crippen LogP contribution is 2.23. The number of hydrogen-bond donors (Lipinski definition) is 0. The zero-order chi connectivity index (χ0) is 20.2. The number of nitrogens with zero attached hydrogens (tertiary/aromatic N) is 3. The number of nitro groups is 1. The molecule has 8 nitrogen and oxygen atoms in total. The maximum atomic E-state index is 12.6. The smallest absolute Gasteiger partial charge is 0.274 e. The molecule has 0 saturated carbocycles. The fourth-order valence-corrected chi connectivity index (χ4v) is 3.47. The number of benzene rings is 2. The second-order valence-electron chi connectivity index (χ2n) is 5.89. The predicted octanol–water partition coefficient (Wildman–Crippen LogP) is 2.67. The average Bonchev–Trinajstić information content (AvgIpc) is 2.58. The van der Waals surface area contributed by atoms with Gasteiger partial charge in [-0.2, -0.15) is 0 Å². The highest BCUT2D eigenvalue weighted by molar-refractivity contribution is 7.92. The molecule has 0 spiro atoms. The molecule has 0 aliphatic heterocycles. The maximum absolute atomic E-state index is 12.6. The van der Waals surface area contributed by atoms with Crippen LogP contribution in [0.2, 0.25) is 5.02 Å². The van der Waals surface area contributed by atoms with Crippen molar-refractivity contribution in [2.45, 2.75) is 6.54 Å². The standard InChI is InChI=1S/C17H18ClN3O5S/c1-19(11-13-6-3-4-9-16(13)21(23)24)17(22)12-20(27(2,25)26)15-8-5-7-14(18)10-15/h3-10H,11-12H2,1-2H3. The van der Waals surface area contributed by atoms with Crippen molar-refractivity contribution in [3.8, 4) is 0 Å². The number of para-hydroxylation sites is 1. The van der Waals surface area contributed by atoms with E-state index in [2.05, 4.69) is 0 Å². The number of halogens is 1. The first-order chi connectivity index (χ1) is 12.6. The molecular formula is C17H18ClN3O5S. The first-order valence-electron chi connectivity index (χ1n) is 7.79. The molecule has 1 amide bonds. The lowest BCUT2D eigenvalue weighted by atomic mass is 10.1. The Morgan fingerprint density at radius 2 is 1.85 bits per heavy atom. The summed E-state index contributed by atoms with van der Waals surface area (Å²) in [7, 11) is -2.28. The number of rotatable bonds is 7. The summed E-state index contributed by atoms with van der Waals surface area (Å²) >= 11 is 5.91. The third-order valence-corrected chi connectivity index (χ3v) is 5.17. The quantitative estimate of drug-likeness (QED) is 0.515. The van der Waals surface area contributed by atoms with Gasteiger partial charge in [-0.05, 0) is 18.2 Å². The Balaban J connectivity index is 2.22. The summed E-state index contributed by atoms with van der Waals surface area (Å²) in [6, 6.07) is 12.2. The monoisotopic (exact) mass is 411 g/mol. The van der Waals surface area contributed by atoms with Crippen LogP contribution in [0.15, 0.2) is 48.5 Å². The molecular weight excluding hydrogens is 394 g/mol. The minimum Gasteiger partial charge on any atom is -0.340 e. The molecule has 10 heteroatoms. The first kappa shape index (κ1) is 20.7. The Hall–Kier alpha value is -2.65. The lowest BCUT2D eigenvalue weighted by Gasteiger charge is -2.25. The van der Waals surface area contributed by atoms with E-state index in [9.17, 15) is 23.3 Å². The number of hydrogen-bond acceptors (Lipinski definition) is 5. The predicted molar refractivity (Wildman–Crippen MR) is 103 cm³/mol. The van der Waals surface area contributed by atoms with Crippen molar-refractivity contribution in [1.82, 2.24) is 4.90 Å². The molecule has 0 radical (unpaired) electrons. The number of nitro benzene ring substituents is 1. The van der Waals surface area contributed by atoms with Crippen LogP contribution in [0.4, 0.5) is 11.4 Å². The molecule has 144 valence electrons. The Morgan fingerprint density at radius 3 is 2.44 bits per heavy atom. The second-order valence-corrected chi connectivity index (χ2v) is 8.23. The number of sulfonamides is 1. The van der Waals surface area contributed by atoms with Gasteiger partial charge in [-0.15, -0.1) is 0 Å². The van der Waals surface area contributed by atoms with Gasteiger partial charge >= 0.3 is 0 Å². The zero-order valence-corrected chi connectivity index (χ0v) is 16.3. The fourth-order valence-electron chi connectivity index (χ4n) is 2.44. The maximum Gasteiger partial charge on any atom is 0.274 e. The van der Waals surface area contributed by atoms with Crippen LogP contribution < -0.4 is 4.31 Å². The summed E-state index contributed by atoms with van der Waals surface area (Å²) in [5.74, 6) is -0.515. The third-order valence-electron chi connectivity index (χ3n) is 3.80. The SMILES string of the molecule is CN(Cc1ccccc1[N+](=O)[O-])C(=O)CN(c1cccc(Cl)c1)S(C)(=O)=O. The topological polar surface area (TPSA) is 101 Å². The van der Waals surface area contributed by atoms with E-state index in [1.54, 1.807) is 24.3 Å². The molecule has 27 heavy (non-hydrogen) atoms. The molecule has 0 atom stereocenters. The molecule has 0 fully saturated rings. The third kappa shape index (κ3) is 5.41. The summed E-state index contributed by atoms with van der Waals surface area (Å²) < 4.78 is 25.2. The van der Waals surface area contributed by atoms with Crippen molar-refractivity contribution < 1.29 is 18.1 Å². The van der Waals surface area contributed by atoms with Crippen molar-refractivity contribution in [3.05, 3.63) is 69.2 Å². The molecule has 2 aromatic carbocycles. The number of carbonyl (C=O) groups excluding carboxylic acids is 1. The van der Waals surface area contributed by atoms with Gasteiger partial charge in [0, 0.05) is 23.7 Å². The van der Waals surface area contributed by atoms with E-state index >= 15 is 0 Å². The lowest BCUT2D eigenvalue weighted by Crippen LogP contribution is -2.41. The van der Waals surface area contributed by atoms with Crippen LogP contribution >= 0.6 is 11.6 Å². The highest BCUT2D eigenvalue weighted by Gasteiger charge is 2.24. The van der Waals surface area contributed by atoms with Gasteiger partial charge in [-0.3, -0.25) is 19.2 Å². The Morgan fingerprint density at radius 1 is 1.19 bits per heavy atom. The first-order valence-corrected chi connectivity index (χ1v) is 10.0. The molecule has 0 heterocycles. The number of anilines is 1. The molecule has 0 unspecified atom stereocenters. The number of carbonyl (C=O) groups is 1. The van der Waals surface area contributed by atoms with E-state index in [1.807, 2.05) is 0 Å².